The van der Waals surface area contributed by atoms with Gasteiger partial charge in [-0.15, -0.1) is 0 Å². The first kappa shape index (κ1) is 22.8. The molecule has 0 unspecified atom stereocenters. The van der Waals surface area contributed by atoms with E-state index in [1.54, 1.807) is 36.5 Å². The first-order chi connectivity index (χ1) is 17.3. The third kappa shape index (κ3) is 3.68. The summed E-state index contributed by atoms with van der Waals surface area (Å²) in [6.07, 6.45) is 4.05. The highest BCUT2D eigenvalue weighted by Crippen LogP contribution is 2.35. The molecule has 0 saturated carbocycles. The fourth-order valence-electron chi connectivity index (χ4n) is 5.13. The van der Waals surface area contributed by atoms with Crippen LogP contribution in [0.25, 0.3) is 10.9 Å². The highest BCUT2D eigenvalue weighted by atomic mass is 35.5. The Labute approximate surface area is 213 Å². The van der Waals surface area contributed by atoms with Crippen LogP contribution >= 0.6 is 11.6 Å². The Morgan fingerprint density at radius 1 is 0.944 bits per heavy atom. The number of fused-ring (bicyclic) bond motifs is 1. The van der Waals surface area contributed by atoms with E-state index >= 15 is 0 Å². The number of sulfonamides is 1. The zero-order chi connectivity index (χ0) is 25.0. The minimum Gasteiger partial charge on any atom is -0.346 e. The first-order valence-electron chi connectivity index (χ1n) is 11.7. The molecule has 2 aliphatic rings. The standard InChI is InChI=1S/C27H22ClN3O4S/c28-19-7-10-21(11-8-19)36(34,35)31-14-12-17-6-9-20(15-24(17)31)29-27(33)23-16-30-13-2-4-18-3-1-5-22(25(18)30)26(23)32/h1,3,5-11,15-16H,2,4,12-14H2,(H,29,33). The number of hydrogen-bond acceptors (Lipinski definition) is 4. The van der Waals surface area contributed by atoms with E-state index in [0.29, 0.717) is 34.7 Å². The molecule has 36 heavy (non-hydrogen) atoms. The van der Waals surface area contributed by atoms with Gasteiger partial charge in [0.15, 0.2) is 0 Å². The van der Waals surface area contributed by atoms with E-state index in [4.69, 9.17) is 11.6 Å². The summed E-state index contributed by atoms with van der Waals surface area (Å²) in [6, 6.07) is 16.9. The maximum absolute atomic E-state index is 13.3. The van der Waals surface area contributed by atoms with Gasteiger partial charge in [-0.3, -0.25) is 13.9 Å². The second kappa shape index (κ2) is 8.50. The van der Waals surface area contributed by atoms with Gasteiger partial charge in [0.1, 0.15) is 5.56 Å². The minimum absolute atomic E-state index is 0.0627. The maximum atomic E-state index is 13.3. The number of aromatic nitrogens is 1. The molecule has 4 aromatic rings. The number of pyridine rings is 1. The number of aryl methyl sites for hydroxylation is 2. The average molecular weight is 520 g/mol. The van der Waals surface area contributed by atoms with Crippen molar-refractivity contribution in [3.63, 3.8) is 0 Å². The summed E-state index contributed by atoms with van der Waals surface area (Å²) in [5, 5.41) is 3.80. The van der Waals surface area contributed by atoms with Crippen LogP contribution in [0.5, 0.6) is 0 Å². The molecular formula is C27H22ClN3O4S. The van der Waals surface area contributed by atoms with E-state index in [9.17, 15) is 18.0 Å². The molecule has 1 aromatic heterocycles. The lowest BCUT2D eigenvalue weighted by molar-refractivity contribution is 0.102. The van der Waals surface area contributed by atoms with Crippen molar-refractivity contribution in [3.05, 3.63) is 98.8 Å². The summed E-state index contributed by atoms with van der Waals surface area (Å²) in [5.74, 6) is -0.522. The van der Waals surface area contributed by atoms with Gasteiger partial charge in [-0.25, -0.2) is 8.42 Å². The molecule has 182 valence electrons. The predicted molar refractivity (Wildman–Crippen MR) is 141 cm³/mol. The van der Waals surface area contributed by atoms with Crippen LogP contribution in [-0.2, 0) is 29.4 Å². The fourth-order valence-corrected chi connectivity index (χ4v) is 6.75. The van der Waals surface area contributed by atoms with E-state index in [2.05, 4.69) is 5.32 Å². The molecule has 2 aliphatic heterocycles. The van der Waals surface area contributed by atoms with Gasteiger partial charge in [0.2, 0.25) is 5.43 Å². The topological polar surface area (TPSA) is 88.5 Å². The molecule has 3 aromatic carbocycles. The molecule has 9 heteroatoms. The molecule has 3 heterocycles. The molecule has 0 atom stereocenters. The molecule has 0 fully saturated rings. The second-order valence-corrected chi connectivity index (χ2v) is 11.4. The Kier molecular flexibility index (Phi) is 5.39. The molecule has 1 amide bonds. The van der Waals surface area contributed by atoms with Crippen LogP contribution in [0.2, 0.25) is 5.02 Å². The number of hydrogen-bond donors (Lipinski definition) is 1. The number of halogens is 1. The van der Waals surface area contributed by atoms with Gasteiger partial charge < -0.3 is 9.88 Å². The van der Waals surface area contributed by atoms with Crippen molar-refractivity contribution in [3.8, 4) is 0 Å². The fraction of sp³-hybridized carbons (Fsp3) is 0.185. The van der Waals surface area contributed by atoms with Crippen LogP contribution in [0.15, 0.2) is 76.6 Å². The number of anilines is 2. The summed E-state index contributed by atoms with van der Waals surface area (Å²) in [4.78, 5) is 26.5. The van der Waals surface area contributed by atoms with Crippen LogP contribution in [0.3, 0.4) is 0 Å². The van der Waals surface area contributed by atoms with Crippen molar-refractivity contribution < 1.29 is 13.2 Å². The number of amides is 1. The van der Waals surface area contributed by atoms with Gasteiger partial charge in [0.25, 0.3) is 15.9 Å². The lowest BCUT2D eigenvalue weighted by Gasteiger charge is -2.21. The Balaban J connectivity index is 1.33. The minimum atomic E-state index is -3.80. The second-order valence-electron chi connectivity index (χ2n) is 9.06. The Bertz CT molecular complexity index is 1710. The largest absolute Gasteiger partial charge is 0.346 e. The number of rotatable bonds is 4. The Morgan fingerprint density at radius 3 is 2.56 bits per heavy atom. The van der Waals surface area contributed by atoms with Gasteiger partial charge in [-0.1, -0.05) is 29.8 Å². The molecular weight excluding hydrogens is 498 g/mol. The number of para-hydroxylation sites is 1. The van der Waals surface area contributed by atoms with Crippen molar-refractivity contribution in [1.82, 2.24) is 4.57 Å². The summed E-state index contributed by atoms with van der Waals surface area (Å²) < 4.78 is 29.9. The van der Waals surface area contributed by atoms with Crippen molar-refractivity contribution >= 4 is 49.8 Å². The van der Waals surface area contributed by atoms with Crippen LogP contribution in [0.1, 0.15) is 27.9 Å². The molecule has 0 radical (unpaired) electrons. The van der Waals surface area contributed by atoms with Gasteiger partial charge >= 0.3 is 0 Å². The Morgan fingerprint density at radius 2 is 1.75 bits per heavy atom. The van der Waals surface area contributed by atoms with E-state index in [0.717, 1.165) is 36.0 Å². The third-order valence-corrected chi connectivity index (χ3v) is 8.95. The van der Waals surface area contributed by atoms with Gasteiger partial charge in [-0.05, 0) is 72.9 Å². The van der Waals surface area contributed by atoms with E-state index in [1.165, 1.54) is 16.4 Å². The SMILES string of the molecule is O=C(Nc1ccc2c(c1)N(S(=O)(=O)c1ccc(Cl)cc1)CC2)c1cn2c3c(cccc3c1=O)CCC2. The van der Waals surface area contributed by atoms with Gasteiger partial charge in [-0.2, -0.15) is 0 Å². The predicted octanol–water partition coefficient (Wildman–Crippen LogP) is 4.60. The number of benzene rings is 3. The lowest BCUT2D eigenvalue weighted by atomic mass is 9.99. The summed E-state index contributed by atoms with van der Waals surface area (Å²) in [7, 11) is -3.80. The van der Waals surface area contributed by atoms with Crippen LogP contribution in [0, 0.1) is 0 Å². The van der Waals surface area contributed by atoms with Gasteiger partial charge in [0, 0.05) is 35.4 Å². The Hall–Kier alpha value is -3.62. The summed E-state index contributed by atoms with van der Waals surface area (Å²) >= 11 is 5.92. The van der Waals surface area contributed by atoms with Crippen molar-refractivity contribution in [1.29, 1.82) is 0 Å². The van der Waals surface area contributed by atoms with Crippen molar-refractivity contribution in [2.45, 2.75) is 30.7 Å². The quantitative estimate of drug-likeness (QED) is 0.426. The van der Waals surface area contributed by atoms with E-state index < -0.39 is 15.9 Å². The van der Waals surface area contributed by atoms with E-state index in [-0.39, 0.29) is 15.9 Å². The van der Waals surface area contributed by atoms with Crippen LogP contribution in [0.4, 0.5) is 11.4 Å². The maximum Gasteiger partial charge on any atom is 0.264 e. The number of carbonyl (C=O) groups excluding carboxylic acids is 1. The molecule has 0 bridgehead atoms. The van der Waals surface area contributed by atoms with Crippen molar-refractivity contribution in [2.24, 2.45) is 0 Å². The summed E-state index contributed by atoms with van der Waals surface area (Å²) in [5.41, 5.74) is 3.56. The van der Waals surface area contributed by atoms with Crippen molar-refractivity contribution in [2.75, 3.05) is 16.2 Å². The highest BCUT2D eigenvalue weighted by Gasteiger charge is 2.31. The zero-order valence-corrected chi connectivity index (χ0v) is 20.8. The van der Waals surface area contributed by atoms with Crippen LogP contribution < -0.4 is 15.1 Å². The molecule has 1 N–H and O–H groups in total. The number of nitrogens with zero attached hydrogens (tertiary/aromatic N) is 2. The molecule has 0 aliphatic carbocycles. The third-order valence-electron chi connectivity index (χ3n) is 6.87. The normalized spacial score (nSPS) is 14.6. The molecule has 0 spiro atoms. The molecule has 0 saturated heterocycles. The average Bonchev–Trinajstić information content (AvgIpc) is 3.30. The monoisotopic (exact) mass is 519 g/mol. The van der Waals surface area contributed by atoms with Gasteiger partial charge in [0.05, 0.1) is 16.1 Å². The highest BCUT2D eigenvalue weighted by molar-refractivity contribution is 7.92. The zero-order valence-electron chi connectivity index (χ0n) is 19.2. The number of carbonyl (C=O) groups is 1. The van der Waals surface area contributed by atoms with E-state index in [1.807, 2.05) is 22.8 Å². The molecule has 7 nitrogen and oxygen atoms in total. The lowest BCUT2D eigenvalue weighted by Crippen LogP contribution is -2.29. The smallest absolute Gasteiger partial charge is 0.264 e. The molecule has 6 rings (SSSR count). The number of nitrogens with one attached hydrogen (secondary N) is 1. The first-order valence-corrected chi connectivity index (χ1v) is 13.5. The van der Waals surface area contributed by atoms with Crippen LogP contribution in [-0.4, -0.2) is 25.4 Å². The summed E-state index contributed by atoms with van der Waals surface area (Å²) in [6.45, 7) is 1.04.